The molecular weight excluding hydrogens is 146 g/mol. The number of nitrogens with two attached hydrogens (primary N) is 1. The Kier molecular flexibility index (Phi) is 4.09. The van der Waals surface area contributed by atoms with E-state index in [4.69, 9.17) is 5.73 Å². The van der Waals surface area contributed by atoms with Crippen LogP contribution in [0.15, 0.2) is 24.3 Å². The Morgan fingerprint density at radius 2 is 2.50 bits per heavy atom. The van der Waals surface area contributed by atoms with E-state index < -0.39 is 0 Å². The SMILES string of the molecule is C=CCCCC1=CC(N)CCC1. The Balaban J connectivity index is 2.25. The van der Waals surface area contributed by atoms with Gasteiger partial charge in [0.25, 0.3) is 0 Å². The summed E-state index contributed by atoms with van der Waals surface area (Å²) in [7, 11) is 0. The molecule has 1 nitrogen and oxygen atoms in total. The fraction of sp³-hybridized carbons (Fsp3) is 0.636. The zero-order valence-electron chi connectivity index (χ0n) is 7.76. The number of allylic oxidation sites excluding steroid dienone is 2. The third-order valence-electron chi connectivity index (χ3n) is 2.39. The molecule has 0 aromatic carbocycles. The lowest BCUT2D eigenvalue weighted by atomic mass is 9.93. The van der Waals surface area contributed by atoms with Crippen LogP contribution in [-0.4, -0.2) is 6.04 Å². The smallest absolute Gasteiger partial charge is 0.0226 e. The quantitative estimate of drug-likeness (QED) is 0.503. The highest BCUT2D eigenvalue weighted by atomic mass is 14.6. The zero-order valence-corrected chi connectivity index (χ0v) is 7.76. The van der Waals surface area contributed by atoms with E-state index in [1.54, 1.807) is 5.57 Å². The molecule has 0 radical (unpaired) electrons. The van der Waals surface area contributed by atoms with E-state index in [0.717, 1.165) is 6.42 Å². The normalized spacial score (nSPS) is 23.4. The first-order valence-corrected chi connectivity index (χ1v) is 4.89. The summed E-state index contributed by atoms with van der Waals surface area (Å²) in [4.78, 5) is 0. The van der Waals surface area contributed by atoms with Crippen molar-refractivity contribution in [1.29, 1.82) is 0 Å². The second-order valence-corrected chi connectivity index (χ2v) is 3.56. The lowest BCUT2D eigenvalue weighted by molar-refractivity contribution is 0.603. The molecule has 1 atom stereocenters. The third-order valence-corrected chi connectivity index (χ3v) is 2.39. The summed E-state index contributed by atoms with van der Waals surface area (Å²) in [6.45, 7) is 3.71. The Morgan fingerprint density at radius 3 is 3.17 bits per heavy atom. The summed E-state index contributed by atoms with van der Waals surface area (Å²) in [6.07, 6.45) is 11.6. The molecule has 68 valence electrons. The van der Waals surface area contributed by atoms with Gasteiger partial charge in [-0.1, -0.05) is 17.7 Å². The lowest BCUT2D eigenvalue weighted by Crippen LogP contribution is -2.20. The number of hydrogen-bond acceptors (Lipinski definition) is 1. The molecule has 2 N–H and O–H groups in total. The van der Waals surface area contributed by atoms with Gasteiger partial charge in [0.15, 0.2) is 0 Å². The maximum Gasteiger partial charge on any atom is 0.0226 e. The molecule has 0 fully saturated rings. The summed E-state index contributed by atoms with van der Waals surface area (Å²) < 4.78 is 0. The molecule has 0 aromatic heterocycles. The minimum Gasteiger partial charge on any atom is -0.324 e. The number of hydrogen-bond donors (Lipinski definition) is 1. The molecule has 0 saturated heterocycles. The van der Waals surface area contributed by atoms with Crippen LogP contribution in [0, 0.1) is 0 Å². The fourth-order valence-electron chi connectivity index (χ4n) is 1.72. The van der Waals surface area contributed by atoms with Crippen molar-refractivity contribution in [3.05, 3.63) is 24.3 Å². The van der Waals surface area contributed by atoms with Gasteiger partial charge in [0, 0.05) is 6.04 Å². The van der Waals surface area contributed by atoms with Crippen LogP contribution < -0.4 is 5.73 Å². The van der Waals surface area contributed by atoms with Crippen molar-refractivity contribution in [3.8, 4) is 0 Å². The lowest BCUT2D eigenvalue weighted by Gasteiger charge is -2.17. The molecule has 1 aliphatic rings. The maximum absolute atomic E-state index is 5.83. The largest absolute Gasteiger partial charge is 0.324 e. The van der Waals surface area contributed by atoms with Crippen LogP contribution in [0.4, 0.5) is 0 Å². The zero-order chi connectivity index (χ0) is 8.81. The highest BCUT2D eigenvalue weighted by Gasteiger charge is 2.08. The van der Waals surface area contributed by atoms with Gasteiger partial charge in [-0.3, -0.25) is 0 Å². The van der Waals surface area contributed by atoms with Crippen molar-refractivity contribution in [1.82, 2.24) is 0 Å². The summed E-state index contributed by atoms with van der Waals surface area (Å²) in [5.41, 5.74) is 7.40. The fourth-order valence-corrected chi connectivity index (χ4v) is 1.72. The molecule has 0 bridgehead atoms. The summed E-state index contributed by atoms with van der Waals surface area (Å²) in [5, 5.41) is 0. The molecule has 0 amide bonds. The van der Waals surface area contributed by atoms with Crippen LogP contribution in [0.1, 0.15) is 38.5 Å². The topological polar surface area (TPSA) is 26.0 Å². The highest BCUT2D eigenvalue weighted by Crippen LogP contribution is 2.21. The van der Waals surface area contributed by atoms with Crippen molar-refractivity contribution in [2.75, 3.05) is 0 Å². The molecule has 1 rings (SSSR count). The molecule has 0 heterocycles. The standard InChI is InChI=1S/C11H19N/c1-2-3-4-6-10-7-5-8-11(12)9-10/h2,9,11H,1,3-8,12H2. The van der Waals surface area contributed by atoms with Crippen LogP contribution in [0.5, 0.6) is 0 Å². The summed E-state index contributed by atoms with van der Waals surface area (Å²) >= 11 is 0. The van der Waals surface area contributed by atoms with Crippen LogP contribution in [-0.2, 0) is 0 Å². The molecular formula is C11H19N. The molecule has 1 aliphatic carbocycles. The first kappa shape index (κ1) is 9.53. The highest BCUT2D eigenvalue weighted by molar-refractivity contribution is 5.09. The number of unbranched alkanes of at least 4 members (excludes halogenated alkanes) is 1. The van der Waals surface area contributed by atoms with Gasteiger partial charge >= 0.3 is 0 Å². The van der Waals surface area contributed by atoms with Crippen molar-refractivity contribution in [2.24, 2.45) is 5.73 Å². The van der Waals surface area contributed by atoms with Crippen LogP contribution in [0.2, 0.25) is 0 Å². The van der Waals surface area contributed by atoms with Crippen LogP contribution >= 0.6 is 0 Å². The third kappa shape index (κ3) is 3.22. The van der Waals surface area contributed by atoms with E-state index in [1.807, 2.05) is 6.08 Å². The summed E-state index contributed by atoms with van der Waals surface area (Å²) in [5.74, 6) is 0. The minimum absolute atomic E-state index is 0.331. The average molecular weight is 165 g/mol. The van der Waals surface area contributed by atoms with E-state index >= 15 is 0 Å². The van der Waals surface area contributed by atoms with Gasteiger partial charge in [-0.2, -0.15) is 0 Å². The molecule has 0 saturated carbocycles. The molecule has 0 aliphatic heterocycles. The van der Waals surface area contributed by atoms with E-state index in [0.29, 0.717) is 6.04 Å². The van der Waals surface area contributed by atoms with Gasteiger partial charge in [0.2, 0.25) is 0 Å². The Hall–Kier alpha value is -0.560. The molecule has 1 unspecified atom stereocenters. The average Bonchev–Trinajstić information content (AvgIpc) is 2.05. The Bertz CT molecular complexity index is 170. The molecule has 12 heavy (non-hydrogen) atoms. The van der Waals surface area contributed by atoms with Gasteiger partial charge < -0.3 is 5.73 Å². The van der Waals surface area contributed by atoms with Crippen molar-refractivity contribution >= 4 is 0 Å². The first-order valence-electron chi connectivity index (χ1n) is 4.89. The second kappa shape index (κ2) is 5.15. The van der Waals surface area contributed by atoms with E-state index in [9.17, 15) is 0 Å². The predicted molar refractivity (Wildman–Crippen MR) is 54.0 cm³/mol. The van der Waals surface area contributed by atoms with Gasteiger partial charge in [-0.25, -0.2) is 0 Å². The van der Waals surface area contributed by atoms with Gasteiger partial charge in [-0.05, 0) is 38.5 Å². The predicted octanol–water partition coefficient (Wildman–Crippen LogP) is 2.78. The summed E-state index contributed by atoms with van der Waals surface area (Å²) in [6, 6.07) is 0.331. The van der Waals surface area contributed by atoms with Crippen LogP contribution in [0.3, 0.4) is 0 Å². The molecule has 1 heteroatoms. The Labute approximate surface area is 75.3 Å². The number of rotatable bonds is 4. The molecule has 0 spiro atoms. The monoisotopic (exact) mass is 165 g/mol. The molecule has 0 aromatic rings. The minimum atomic E-state index is 0.331. The van der Waals surface area contributed by atoms with E-state index in [2.05, 4.69) is 12.7 Å². The van der Waals surface area contributed by atoms with Crippen LogP contribution in [0.25, 0.3) is 0 Å². The van der Waals surface area contributed by atoms with E-state index in [-0.39, 0.29) is 0 Å². The van der Waals surface area contributed by atoms with E-state index in [1.165, 1.54) is 32.1 Å². The maximum atomic E-state index is 5.83. The van der Waals surface area contributed by atoms with Crippen molar-refractivity contribution in [2.45, 2.75) is 44.6 Å². The van der Waals surface area contributed by atoms with Crippen molar-refractivity contribution in [3.63, 3.8) is 0 Å². The van der Waals surface area contributed by atoms with Gasteiger partial charge in [0.1, 0.15) is 0 Å². The second-order valence-electron chi connectivity index (χ2n) is 3.56. The van der Waals surface area contributed by atoms with Gasteiger partial charge in [-0.15, -0.1) is 6.58 Å². The van der Waals surface area contributed by atoms with Gasteiger partial charge in [0.05, 0.1) is 0 Å². The first-order chi connectivity index (χ1) is 5.83. The van der Waals surface area contributed by atoms with Crippen molar-refractivity contribution < 1.29 is 0 Å². The Morgan fingerprint density at radius 1 is 1.67 bits per heavy atom.